The molecule has 1 aliphatic rings. The summed E-state index contributed by atoms with van der Waals surface area (Å²) in [6.07, 6.45) is 0.219. The van der Waals surface area contributed by atoms with Gasteiger partial charge in [-0.15, -0.1) is 0 Å². The zero-order valence-electron chi connectivity index (χ0n) is 15.5. The lowest BCUT2D eigenvalue weighted by molar-refractivity contribution is -0.137. The van der Waals surface area contributed by atoms with E-state index in [1.165, 1.54) is 0 Å². The van der Waals surface area contributed by atoms with Crippen molar-refractivity contribution in [1.29, 1.82) is 0 Å². The summed E-state index contributed by atoms with van der Waals surface area (Å²) in [5.74, 6) is -0.261. The van der Waals surface area contributed by atoms with Gasteiger partial charge in [0.1, 0.15) is 5.69 Å². The summed E-state index contributed by atoms with van der Waals surface area (Å²) in [5, 5.41) is 16.2. The second-order valence-electron chi connectivity index (χ2n) is 7.29. The minimum absolute atomic E-state index is 0.0138. The summed E-state index contributed by atoms with van der Waals surface area (Å²) in [6, 6.07) is 2.60. The first-order valence-electron chi connectivity index (χ1n) is 9.27. The standard InChI is InChI=1S/C19H22ClF3N4O2/c20-15-6-3-12(19(21,22)23)7-14(15)18(29)25-13-4-1-11(2-5-13)8-27-9-16(24)17(10-28)26-27/h3,6-7,9,11,13,28H,1-2,4-5,8,10,24H2,(H,25,29). The number of aliphatic hydroxyl groups excluding tert-OH is 1. The fourth-order valence-corrected chi connectivity index (χ4v) is 3.79. The van der Waals surface area contributed by atoms with Gasteiger partial charge in [0, 0.05) is 18.8 Å². The molecule has 0 unspecified atom stereocenters. The van der Waals surface area contributed by atoms with Gasteiger partial charge in [-0.25, -0.2) is 0 Å². The maximum atomic E-state index is 12.9. The highest BCUT2D eigenvalue weighted by Crippen LogP contribution is 2.32. The van der Waals surface area contributed by atoms with Crippen LogP contribution in [0, 0.1) is 5.92 Å². The monoisotopic (exact) mass is 430 g/mol. The molecule has 0 spiro atoms. The molecule has 1 heterocycles. The van der Waals surface area contributed by atoms with E-state index in [0.717, 1.165) is 31.0 Å². The van der Waals surface area contributed by atoms with Gasteiger partial charge in [-0.2, -0.15) is 18.3 Å². The van der Waals surface area contributed by atoms with Gasteiger partial charge in [0.15, 0.2) is 0 Å². The third kappa shape index (κ3) is 5.22. The van der Waals surface area contributed by atoms with Gasteiger partial charge in [0.2, 0.25) is 0 Å². The van der Waals surface area contributed by atoms with Crippen LogP contribution in [0.25, 0.3) is 0 Å². The Morgan fingerprint density at radius 3 is 2.59 bits per heavy atom. The number of carbonyl (C=O) groups is 1. The average Bonchev–Trinajstić information content (AvgIpc) is 3.02. The van der Waals surface area contributed by atoms with E-state index in [-0.39, 0.29) is 23.2 Å². The quantitative estimate of drug-likeness (QED) is 0.675. The van der Waals surface area contributed by atoms with Crippen LogP contribution in [-0.2, 0) is 19.3 Å². The molecule has 0 aliphatic heterocycles. The van der Waals surface area contributed by atoms with E-state index in [1.807, 2.05) is 0 Å². The molecule has 1 aromatic heterocycles. The van der Waals surface area contributed by atoms with Crippen LogP contribution in [0.1, 0.15) is 47.3 Å². The molecule has 2 aromatic rings. The highest BCUT2D eigenvalue weighted by Gasteiger charge is 2.32. The van der Waals surface area contributed by atoms with Crippen molar-refractivity contribution < 1.29 is 23.1 Å². The van der Waals surface area contributed by atoms with Gasteiger partial charge in [-0.05, 0) is 49.8 Å². The molecule has 0 atom stereocenters. The highest BCUT2D eigenvalue weighted by molar-refractivity contribution is 6.33. The number of aliphatic hydroxyl groups is 1. The molecule has 29 heavy (non-hydrogen) atoms. The van der Waals surface area contributed by atoms with Crippen LogP contribution in [0.4, 0.5) is 18.9 Å². The lowest BCUT2D eigenvalue weighted by atomic mass is 9.86. The summed E-state index contributed by atoms with van der Waals surface area (Å²) in [6.45, 7) is 0.444. The third-order valence-electron chi connectivity index (χ3n) is 5.19. The number of carbonyl (C=O) groups excluding carboxylic acids is 1. The molecular weight excluding hydrogens is 409 g/mol. The van der Waals surface area contributed by atoms with Crippen molar-refractivity contribution >= 4 is 23.2 Å². The number of amides is 1. The summed E-state index contributed by atoms with van der Waals surface area (Å²) >= 11 is 5.93. The average molecular weight is 431 g/mol. The number of aromatic nitrogens is 2. The Kier molecular flexibility index (Phi) is 6.38. The first-order chi connectivity index (χ1) is 13.7. The molecule has 1 fully saturated rings. The lowest BCUT2D eigenvalue weighted by Crippen LogP contribution is -2.38. The Bertz CT molecular complexity index is 877. The predicted molar refractivity (Wildman–Crippen MR) is 102 cm³/mol. The SMILES string of the molecule is Nc1cn(CC2CCC(NC(=O)c3cc(C(F)(F)F)ccc3Cl)CC2)nc1CO. The fraction of sp³-hybridized carbons (Fsp3) is 0.474. The zero-order valence-corrected chi connectivity index (χ0v) is 16.3. The molecule has 4 N–H and O–H groups in total. The molecular formula is C19H22ClF3N4O2. The van der Waals surface area contributed by atoms with Crippen molar-refractivity contribution in [2.24, 2.45) is 5.92 Å². The van der Waals surface area contributed by atoms with Gasteiger partial charge in [-0.1, -0.05) is 11.6 Å². The van der Waals surface area contributed by atoms with Crippen LogP contribution < -0.4 is 11.1 Å². The normalized spacial score (nSPS) is 19.9. The number of nitrogens with two attached hydrogens (primary N) is 1. The van der Waals surface area contributed by atoms with Gasteiger partial charge >= 0.3 is 6.18 Å². The molecule has 6 nitrogen and oxygen atoms in total. The van der Waals surface area contributed by atoms with Crippen LogP contribution in [0.15, 0.2) is 24.4 Å². The number of anilines is 1. The van der Waals surface area contributed by atoms with Crippen LogP contribution >= 0.6 is 11.6 Å². The van der Waals surface area contributed by atoms with Crippen LogP contribution in [0.2, 0.25) is 5.02 Å². The van der Waals surface area contributed by atoms with Gasteiger partial charge in [0.25, 0.3) is 5.91 Å². The molecule has 0 saturated heterocycles. The number of halogens is 4. The molecule has 3 rings (SSSR count). The van der Waals surface area contributed by atoms with Crippen molar-refractivity contribution in [3.8, 4) is 0 Å². The summed E-state index contributed by atoms with van der Waals surface area (Å²) < 4.78 is 40.4. The van der Waals surface area contributed by atoms with Crippen molar-refractivity contribution in [2.45, 2.75) is 51.1 Å². The summed E-state index contributed by atoms with van der Waals surface area (Å²) in [4.78, 5) is 12.4. The molecule has 1 saturated carbocycles. The second kappa shape index (κ2) is 8.62. The second-order valence-corrected chi connectivity index (χ2v) is 7.70. The molecule has 0 radical (unpaired) electrons. The minimum atomic E-state index is -4.54. The first kappa shape index (κ1) is 21.4. The summed E-state index contributed by atoms with van der Waals surface area (Å²) in [5.41, 5.74) is 5.59. The number of nitrogen functional groups attached to an aromatic ring is 1. The molecule has 158 valence electrons. The number of nitrogens with one attached hydrogen (secondary N) is 1. The van der Waals surface area contributed by atoms with Crippen molar-refractivity contribution in [3.63, 3.8) is 0 Å². The zero-order chi connectivity index (χ0) is 21.2. The van der Waals surface area contributed by atoms with Crippen LogP contribution in [0.5, 0.6) is 0 Å². The fourth-order valence-electron chi connectivity index (χ4n) is 3.59. The maximum absolute atomic E-state index is 12.9. The van der Waals surface area contributed by atoms with E-state index in [2.05, 4.69) is 10.4 Å². The minimum Gasteiger partial charge on any atom is -0.396 e. The van der Waals surface area contributed by atoms with E-state index in [9.17, 15) is 18.0 Å². The van der Waals surface area contributed by atoms with Crippen molar-refractivity contribution in [2.75, 3.05) is 5.73 Å². The Morgan fingerprint density at radius 1 is 1.31 bits per heavy atom. The third-order valence-corrected chi connectivity index (χ3v) is 5.52. The first-order valence-corrected chi connectivity index (χ1v) is 9.65. The maximum Gasteiger partial charge on any atom is 0.416 e. The van der Waals surface area contributed by atoms with E-state index in [0.29, 0.717) is 36.7 Å². The molecule has 1 aliphatic carbocycles. The van der Waals surface area contributed by atoms with E-state index < -0.39 is 17.6 Å². The van der Waals surface area contributed by atoms with Gasteiger partial charge in [0.05, 0.1) is 28.4 Å². The number of benzene rings is 1. The van der Waals surface area contributed by atoms with E-state index in [4.69, 9.17) is 22.4 Å². The molecule has 1 amide bonds. The number of hydrogen-bond donors (Lipinski definition) is 3. The van der Waals surface area contributed by atoms with E-state index >= 15 is 0 Å². The predicted octanol–water partition coefficient (Wildman–Crippen LogP) is 3.62. The Hall–Kier alpha value is -2.26. The Balaban J connectivity index is 1.56. The van der Waals surface area contributed by atoms with Gasteiger partial charge < -0.3 is 16.2 Å². The Labute approximate surface area is 170 Å². The highest BCUT2D eigenvalue weighted by atomic mass is 35.5. The van der Waals surface area contributed by atoms with Crippen molar-refractivity contribution in [1.82, 2.24) is 15.1 Å². The number of hydrogen-bond acceptors (Lipinski definition) is 4. The topological polar surface area (TPSA) is 93.2 Å². The van der Waals surface area contributed by atoms with Crippen LogP contribution in [0.3, 0.4) is 0 Å². The largest absolute Gasteiger partial charge is 0.416 e. The Morgan fingerprint density at radius 2 is 2.00 bits per heavy atom. The number of nitrogens with zero attached hydrogens (tertiary/aromatic N) is 2. The molecule has 1 aromatic carbocycles. The van der Waals surface area contributed by atoms with Gasteiger partial charge in [-0.3, -0.25) is 9.48 Å². The number of rotatable bonds is 5. The molecule has 10 heteroatoms. The van der Waals surface area contributed by atoms with Crippen LogP contribution in [-0.4, -0.2) is 26.8 Å². The number of alkyl halides is 3. The van der Waals surface area contributed by atoms with Crippen molar-refractivity contribution in [3.05, 3.63) is 46.2 Å². The molecule has 0 bridgehead atoms. The smallest absolute Gasteiger partial charge is 0.396 e. The van der Waals surface area contributed by atoms with E-state index in [1.54, 1.807) is 10.9 Å². The lowest BCUT2D eigenvalue weighted by Gasteiger charge is -2.29. The summed E-state index contributed by atoms with van der Waals surface area (Å²) in [7, 11) is 0.